The Bertz CT molecular complexity index is 742. The van der Waals surface area contributed by atoms with E-state index in [0.29, 0.717) is 25.8 Å². The highest BCUT2D eigenvalue weighted by Gasteiger charge is 2.24. The first-order valence-corrected chi connectivity index (χ1v) is 9.60. The van der Waals surface area contributed by atoms with Crippen LogP contribution in [0.15, 0.2) is 35.3 Å². The molecule has 0 saturated heterocycles. The van der Waals surface area contributed by atoms with Crippen molar-refractivity contribution in [3.8, 4) is 0 Å². The third kappa shape index (κ3) is 14.6. The predicted octanol–water partition coefficient (Wildman–Crippen LogP) is -0.383. The van der Waals surface area contributed by atoms with E-state index in [1.807, 2.05) is 30.3 Å². The van der Waals surface area contributed by atoms with Crippen molar-refractivity contribution in [3.63, 3.8) is 0 Å². The Kier molecular flexibility index (Phi) is 11.6. The predicted molar refractivity (Wildman–Crippen MR) is 103 cm³/mol. The first-order chi connectivity index (χ1) is 12.9. The standard InChI is InChI=1S/C16H24N4O3.H2O4S/c17-13(7-4-8-20-16(18)19)14(21)10-12(15(22)23)9-11-5-2-1-3-6-11;1-5(2,3)4/h1-3,5-6,12-13H,4,7-10,17H2,(H,22,23)(H4,18,19,20);(H2,1,2,3,4)/t12-,13+;/m0./s1. The van der Waals surface area contributed by atoms with Gasteiger partial charge in [-0.25, -0.2) is 0 Å². The van der Waals surface area contributed by atoms with Gasteiger partial charge < -0.3 is 22.3 Å². The molecule has 0 saturated carbocycles. The van der Waals surface area contributed by atoms with Crippen molar-refractivity contribution in [3.05, 3.63) is 35.9 Å². The maximum absolute atomic E-state index is 12.1. The van der Waals surface area contributed by atoms with Crippen molar-refractivity contribution in [1.29, 1.82) is 0 Å². The molecule has 0 heterocycles. The van der Waals surface area contributed by atoms with Gasteiger partial charge in [0, 0.05) is 13.0 Å². The van der Waals surface area contributed by atoms with Crippen LogP contribution in [0, 0.1) is 5.92 Å². The Hall–Kier alpha value is -2.54. The van der Waals surface area contributed by atoms with Gasteiger partial charge in [0.25, 0.3) is 0 Å². The minimum absolute atomic E-state index is 0.00120. The third-order valence-corrected chi connectivity index (χ3v) is 3.50. The third-order valence-electron chi connectivity index (χ3n) is 3.50. The lowest BCUT2D eigenvalue weighted by Crippen LogP contribution is -2.34. The quantitative estimate of drug-likeness (QED) is 0.125. The van der Waals surface area contributed by atoms with Gasteiger partial charge >= 0.3 is 16.4 Å². The van der Waals surface area contributed by atoms with E-state index in [1.54, 1.807) is 0 Å². The number of Topliss-reactive ketones (excluding diaryl/α,β-unsaturated/α-hetero) is 1. The first kappa shape index (κ1) is 25.5. The van der Waals surface area contributed by atoms with E-state index in [4.69, 9.17) is 34.7 Å². The summed E-state index contributed by atoms with van der Waals surface area (Å²) >= 11 is 0. The Morgan fingerprint density at radius 3 is 2.11 bits per heavy atom. The number of nitrogens with two attached hydrogens (primary N) is 3. The van der Waals surface area contributed by atoms with E-state index >= 15 is 0 Å². The second kappa shape index (κ2) is 12.8. The van der Waals surface area contributed by atoms with Gasteiger partial charge in [0.05, 0.1) is 12.0 Å². The number of ketones is 1. The summed E-state index contributed by atoms with van der Waals surface area (Å²) in [5.41, 5.74) is 17.1. The summed E-state index contributed by atoms with van der Waals surface area (Å²) in [6.45, 7) is 0.398. The van der Waals surface area contributed by atoms with Crippen LogP contribution in [0.25, 0.3) is 0 Å². The number of hydrogen-bond donors (Lipinski definition) is 6. The van der Waals surface area contributed by atoms with Crippen molar-refractivity contribution in [2.75, 3.05) is 6.54 Å². The fourth-order valence-electron chi connectivity index (χ4n) is 2.22. The number of rotatable bonds is 10. The molecular weight excluding hydrogens is 392 g/mol. The summed E-state index contributed by atoms with van der Waals surface area (Å²) in [6, 6.07) is 8.53. The summed E-state index contributed by atoms with van der Waals surface area (Å²) in [4.78, 5) is 27.3. The Morgan fingerprint density at radius 2 is 1.64 bits per heavy atom. The summed E-state index contributed by atoms with van der Waals surface area (Å²) in [7, 11) is -4.67. The van der Waals surface area contributed by atoms with Gasteiger partial charge in [-0.1, -0.05) is 30.3 Å². The highest BCUT2D eigenvalue weighted by molar-refractivity contribution is 7.79. The van der Waals surface area contributed by atoms with Crippen LogP contribution in [-0.4, -0.2) is 52.9 Å². The van der Waals surface area contributed by atoms with Gasteiger partial charge in [-0.2, -0.15) is 8.42 Å². The first-order valence-electron chi connectivity index (χ1n) is 8.20. The van der Waals surface area contributed by atoms with Crippen LogP contribution in [0.4, 0.5) is 0 Å². The molecule has 28 heavy (non-hydrogen) atoms. The molecule has 1 aromatic rings. The lowest BCUT2D eigenvalue weighted by Gasteiger charge is -2.15. The number of carboxylic acids is 1. The van der Waals surface area contributed by atoms with Crippen LogP contribution in [0.2, 0.25) is 0 Å². The largest absolute Gasteiger partial charge is 0.481 e. The van der Waals surface area contributed by atoms with Crippen molar-refractivity contribution in [2.45, 2.75) is 31.7 Å². The normalized spacial score (nSPS) is 12.8. The summed E-state index contributed by atoms with van der Waals surface area (Å²) < 4.78 is 31.6. The van der Waals surface area contributed by atoms with E-state index in [1.165, 1.54) is 0 Å². The van der Waals surface area contributed by atoms with Crippen LogP contribution < -0.4 is 17.2 Å². The van der Waals surface area contributed by atoms with E-state index in [2.05, 4.69) is 4.99 Å². The molecule has 12 heteroatoms. The van der Waals surface area contributed by atoms with Crippen LogP contribution in [0.3, 0.4) is 0 Å². The monoisotopic (exact) mass is 418 g/mol. The van der Waals surface area contributed by atoms with Crippen molar-refractivity contribution < 1.29 is 32.2 Å². The molecule has 1 rings (SSSR count). The zero-order valence-corrected chi connectivity index (χ0v) is 16.0. The van der Waals surface area contributed by atoms with Gasteiger partial charge in [-0.3, -0.25) is 23.7 Å². The molecule has 0 bridgehead atoms. The van der Waals surface area contributed by atoms with E-state index < -0.39 is 28.3 Å². The maximum Gasteiger partial charge on any atom is 0.394 e. The minimum Gasteiger partial charge on any atom is -0.481 e. The summed E-state index contributed by atoms with van der Waals surface area (Å²) in [6.07, 6.45) is 1.23. The molecule has 0 aromatic heterocycles. The lowest BCUT2D eigenvalue weighted by molar-refractivity contribution is -0.143. The fourth-order valence-corrected chi connectivity index (χ4v) is 2.22. The maximum atomic E-state index is 12.1. The molecule has 11 nitrogen and oxygen atoms in total. The number of aliphatic carboxylic acids is 1. The van der Waals surface area contributed by atoms with Gasteiger partial charge in [-0.05, 0) is 24.8 Å². The molecule has 0 fully saturated rings. The Balaban J connectivity index is 0.00000129. The number of carboxylic acid groups (broad SMARTS) is 1. The van der Waals surface area contributed by atoms with Crippen LogP contribution in [0.5, 0.6) is 0 Å². The number of benzene rings is 1. The van der Waals surface area contributed by atoms with E-state index in [-0.39, 0.29) is 18.2 Å². The van der Waals surface area contributed by atoms with Crippen molar-refractivity contribution >= 4 is 28.1 Å². The molecule has 0 aliphatic carbocycles. The second-order valence-electron chi connectivity index (χ2n) is 5.90. The van der Waals surface area contributed by atoms with Crippen molar-refractivity contribution in [2.24, 2.45) is 28.1 Å². The molecular formula is C16H26N4O7S. The number of carbonyl (C=O) groups is 2. The number of nitrogens with zero attached hydrogens (tertiary/aromatic N) is 1. The molecule has 1 aromatic carbocycles. The summed E-state index contributed by atoms with van der Waals surface area (Å²) in [5.74, 6) is -2.01. The Labute approximate surface area is 163 Å². The van der Waals surface area contributed by atoms with Gasteiger partial charge in [-0.15, -0.1) is 0 Å². The van der Waals surface area contributed by atoms with Crippen LogP contribution in [0.1, 0.15) is 24.8 Å². The van der Waals surface area contributed by atoms with E-state index in [0.717, 1.165) is 5.56 Å². The zero-order valence-electron chi connectivity index (χ0n) is 15.1. The molecule has 0 aliphatic rings. The highest BCUT2D eigenvalue weighted by Crippen LogP contribution is 2.15. The molecule has 0 aliphatic heterocycles. The van der Waals surface area contributed by atoms with Crippen LogP contribution in [-0.2, 0) is 26.4 Å². The van der Waals surface area contributed by atoms with Gasteiger partial charge in [0.15, 0.2) is 5.96 Å². The molecule has 0 unspecified atom stereocenters. The average molecular weight is 418 g/mol. The number of hydrogen-bond acceptors (Lipinski definition) is 6. The molecule has 158 valence electrons. The SMILES string of the molecule is NC(N)=NCCC[C@@H](N)C(=O)C[C@H](Cc1ccccc1)C(=O)O.O=S(=O)(O)O. The van der Waals surface area contributed by atoms with Crippen LogP contribution >= 0.6 is 0 Å². The molecule has 0 amide bonds. The smallest absolute Gasteiger partial charge is 0.394 e. The minimum atomic E-state index is -4.67. The van der Waals surface area contributed by atoms with Gasteiger partial charge in [0.1, 0.15) is 5.78 Å². The molecule has 9 N–H and O–H groups in total. The number of aliphatic imine (C=N–C) groups is 1. The van der Waals surface area contributed by atoms with E-state index in [9.17, 15) is 14.7 Å². The molecule has 2 atom stereocenters. The number of guanidine groups is 1. The number of carbonyl (C=O) groups excluding carboxylic acids is 1. The summed E-state index contributed by atoms with van der Waals surface area (Å²) in [5, 5.41) is 9.30. The Morgan fingerprint density at radius 1 is 1.11 bits per heavy atom. The lowest BCUT2D eigenvalue weighted by atomic mass is 9.91. The van der Waals surface area contributed by atoms with Crippen molar-refractivity contribution in [1.82, 2.24) is 0 Å². The zero-order chi connectivity index (χ0) is 21.7. The fraction of sp³-hybridized carbons (Fsp3) is 0.438. The second-order valence-corrected chi connectivity index (χ2v) is 6.79. The molecule has 0 spiro atoms. The van der Waals surface area contributed by atoms with Gasteiger partial charge in [0.2, 0.25) is 0 Å². The molecule has 0 radical (unpaired) electrons. The topological polar surface area (TPSA) is 219 Å². The highest BCUT2D eigenvalue weighted by atomic mass is 32.3. The average Bonchev–Trinajstić information content (AvgIpc) is 2.57.